The van der Waals surface area contributed by atoms with Crippen molar-refractivity contribution in [3.63, 3.8) is 0 Å². The average molecular weight is 422 g/mol. The number of imidazole rings is 1. The summed E-state index contributed by atoms with van der Waals surface area (Å²) in [4.78, 5) is 27.8. The molecule has 2 atom stereocenters. The molecule has 3 N–H and O–H groups in total. The van der Waals surface area contributed by atoms with Crippen molar-refractivity contribution in [3.05, 3.63) is 36.2 Å². The maximum atomic E-state index is 11.8. The lowest BCUT2D eigenvalue weighted by Crippen LogP contribution is -2.39. The zero-order valence-electron chi connectivity index (χ0n) is 17.6. The van der Waals surface area contributed by atoms with Crippen molar-refractivity contribution in [3.8, 4) is 11.5 Å². The van der Waals surface area contributed by atoms with Gasteiger partial charge in [-0.1, -0.05) is 6.07 Å². The molecular formula is C22H27N7O2. The molecule has 2 saturated heterocycles. The van der Waals surface area contributed by atoms with Crippen LogP contribution in [0.3, 0.4) is 0 Å². The van der Waals surface area contributed by atoms with E-state index in [1.165, 1.54) is 0 Å². The normalized spacial score (nSPS) is 21.5. The number of fused-ring (bicyclic) bond motifs is 1. The minimum Gasteiger partial charge on any atom is -0.480 e. The van der Waals surface area contributed by atoms with E-state index >= 15 is 0 Å². The van der Waals surface area contributed by atoms with E-state index in [1.54, 1.807) is 6.20 Å². The fraction of sp³-hybridized carbons (Fsp3) is 0.455. The number of hydrogen-bond donors (Lipinski definition) is 3. The third-order valence-corrected chi connectivity index (χ3v) is 6.08. The Labute approximate surface area is 180 Å². The van der Waals surface area contributed by atoms with Crippen LogP contribution in [0.1, 0.15) is 31.2 Å². The van der Waals surface area contributed by atoms with E-state index in [0.29, 0.717) is 30.4 Å². The zero-order valence-corrected chi connectivity index (χ0v) is 17.6. The zero-order chi connectivity index (χ0) is 21.4. The van der Waals surface area contributed by atoms with Crippen LogP contribution in [0.4, 0.5) is 11.6 Å². The molecule has 5 rings (SSSR count). The Morgan fingerprint density at radius 3 is 2.97 bits per heavy atom. The number of pyridine rings is 1. The Balaban J connectivity index is 1.58. The molecule has 5 heterocycles. The van der Waals surface area contributed by atoms with Gasteiger partial charge in [0.25, 0.3) is 0 Å². The lowest BCUT2D eigenvalue weighted by atomic mass is 10.1. The van der Waals surface area contributed by atoms with Crippen LogP contribution in [0.25, 0.3) is 17.2 Å². The van der Waals surface area contributed by atoms with Crippen LogP contribution in [0.2, 0.25) is 0 Å². The van der Waals surface area contributed by atoms with Crippen LogP contribution >= 0.6 is 0 Å². The Hall–Kier alpha value is -3.20. The molecule has 3 aromatic rings. The van der Waals surface area contributed by atoms with Crippen LogP contribution in [-0.4, -0.2) is 62.1 Å². The van der Waals surface area contributed by atoms with Crippen molar-refractivity contribution in [2.45, 2.75) is 44.7 Å². The molecule has 2 aliphatic heterocycles. The molecule has 0 amide bonds. The minimum atomic E-state index is -0.811. The lowest BCUT2D eigenvalue weighted by Gasteiger charge is -2.26. The third kappa shape index (κ3) is 3.93. The summed E-state index contributed by atoms with van der Waals surface area (Å²) in [5.41, 5.74) is 2.72. The van der Waals surface area contributed by atoms with Gasteiger partial charge in [0.15, 0.2) is 5.82 Å². The van der Waals surface area contributed by atoms with Gasteiger partial charge in [-0.25, -0.2) is 19.7 Å². The molecule has 0 bridgehead atoms. The second kappa shape index (κ2) is 8.14. The predicted molar refractivity (Wildman–Crippen MR) is 118 cm³/mol. The van der Waals surface area contributed by atoms with E-state index in [-0.39, 0.29) is 6.04 Å². The van der Waals surface area contributed by atoms with Crippen molar-refractivity contribution in [1.82, 2.24) is 24.7 Å². The van der Waals surface area contributed by atoms with Crippen LogP contribution in [-0.2, 0) is 4.79 Å². The van der Waals surface area contributed by atoms with Crippen LogP contribution in [0.5, 0.6) is 0 Å². The van der Waals surface area contributed by atoms with Crippen molar-refractivity contribution in [2.75, 3.05) is 29.9 Å². The van der Waals surface area contributed by atoms with Gasteiger partial charge in [0, 0.05) is 31.4 Å². The smallest absolute Gasteiger partial charge is 0.326 e. The topological polar surface area (TPSA) is 108 Å². The Morgan fingerprint density at radius 2 is 2.16 bits per heavy atom. The standard InChI is InChI=1S/C22H27N7O2/c1-14-6-7-19-24-12-17(29(19)13-14)21-26-18(25-15-4-2-8-23-11-15)10-20(27-21)28-9-3-5-16(28)22(30)31/h6-7,10,12-13,15-16,23H,2-5,8-9,11H2,1H3,(H,30,31)(H,25,26,27). The molecule has 2 fully saturated rings. The summed E-state index contributed by atoms with van der Waals surface area (Å²) in [6.45, 7) is 4.62. The first-order valence-electron chi connectivity index (χ1n) is 10.9. The maximum absolute atomic E-state index is 11.8. The molecule has 0 saturated carbocycles. The van der Waals surface area contributed by atoms with Gasteiger partial charge in [-0.3, -0.25) is 4.40 Å². The predicted octanol–water partition coefficient (Wildman–Crippen LogP) is 2.32. The van der Waals surface area contributed by atoms with Gasteiger partial charge in [-0.05, 0) is 50.8 Å². The molecular weight excluding hydrogens is 394 g/mol. The number of aryl methyl sites for hydroxylation is 1. The number of nitrogens with zero attached hydrogens (tertiary/aromatic N) is 5. The highest BCUT2D eigenvalue weighted by Gasteiger charge is 2.32. The molecule has 162 valence electrons. The van der Waals surface area contributed by atoms with Crippen molar-refractivity contribution < 1.29 is 9.90 Å². The van der Waals surface area contributed by atoms with Gasteiger partial charge in [-0.2, -0.15) is 0 Å². The Kier molecular flexibility index (Phi) is 5.19. The van der Waals surface area contributed by atoms with Crippen LogP contribution in [0.15, 0.2) is 30.6 Å². The van der Waals surface area contributed by atoms with Crippen molar-refractivity contribution in [2.24, 2.45) is 0 Å². The first-order valence-corrected chi connectivity index (χ1v) is 10.9. The Bertz CT molecular complexity index is 1110. The minimum absolute atomic E-state index is 0.280. The van der Waals surface area contributed by atoms with E-state index in [2.05, 4.69) is 15.6 Å². The van der Waals surface area contributed by atoms with E-state index in [1.807, 2.05) is 40.6 Å². The number of anilines is 2. The number of aromatic nitrogens is 4. The maximum Gasteiger partial charge on any atom is 0.326 e. The first-order chi connectivity index (χ1) is 15.1. The van der Waals surface area contributed by atoms with Crippen molar-refractivity contribution >= 4 is 23.3 Å². The molecule has 2 aliphatic rings. The van der Waals surface area contributed by atoms with Gasteiger partial charge >= 0.3 is 5.97 Å². The fourth-order valence-electron chi connectivity index (χ4n) is 4.50. The number of carboxylic acid groups (broad SMARTS) is 1. The van der Waals surface area contributed by atoms with Gasteiger partial charge < -0.3 is 20.6 Å². The molecule has 0 spiro atoms. The molecule has 31 heavy (non-hydrogen) atoms. The number of nitrogens with one attached hydrogen (secondary N) is 2. The summed E-state index contributed by atoms with van der Waals surface area (Å²) in [7, 11) is 0. The molecule has 0 radical (unpaired) electrons. The molecule has 9 heteroatoms. The van der Waals surface area contributed by atoms with Gasteiger partial charge in [0.1, 0.15) is 29.0 Å². The number of hydrogen-bond acceptors (Lipinski definition) is 7. The number of aliphatic carboxylic acids is 1. The lowest BCUT2D eigenvalue weighted by molar-refractivity contribution is -0.138. The van der Waals surface area contributed by atoms with E-state index in [9.17, 15) is 9.90 Å². The number of piperidine rings is 1. The van der Waals surface area contributed by atoms with Crippen LogP contribution < -0.4 is 15.5 Å². The SMILES string of the molecule is Cc1ccc2ncc(-c3nc(NC4CCCNC4)cc(N4CCCC4C(=O)O)n3)n2c1. The van der Waals surface area contributed by atoms with E-state index < -0.39 is 12.0 Å². The van der Waals surface area contributed by atoms with Crippen LogP contribution in [0, 0.1) is 6.92 Å². The van der Waals surface area contributed by atoms with E-state index in [0.717, 1.165) is 49.3 Å². The second-order valence-corrected chi connectivity index (χ2v) is 8.39. The summed E-state index contributed by atoms with van der Waals surface area (Å²) in [6.07, 6.45) is 7.43. The van der Waals surface area contributed by atoms with Gasteiger partial charge in [0.05, 0.1) is 6.20 Å². The van der Waals surface area contributed by atoms with E-state index in [4.69, 9.17) is 9.97 Å². The summed E-state index contributed by atoms with van der Waals surface area (Å²) < 4.78 is 1.99. The molecule has 3 aromatic heterocycles. The highest BCUT2D eigenvalue weighted by Crippen LogP contribution is 2.29. The first kappa shape index (κ1) is 19.7. The monoisotopic (exact) mass is 421 g/mol. The number of carbonyl (C=O) groups is 1. The summed E-state index contributed by atoms with van der Waals surface area (Å²) in [5.74, 6) is 1.09. The summed E-state index contributed by atoms with van der Waals surface area (Å²) in [5, 5.41) is 16.6. The largest absolute Gasteiger partial charge is 0.480 e. The summed E-state index contributed by atoms with van der Waals surface area (Å²) in [6, 6.07) is 5.59. The summed E-state index contributed by atoms with van der Waals surface area (Å²) >= 11 is 0. The van der Waals surface area contributed by atoms with Gasteiger partial charge in [0.2, 0.25) is 0 Å². The molecule has 2 unspecified atom stereocenters. The highest BCUT2D eigenvalue weighted by atomic mass is 16.4. The third-order valence-electron chi connectivity index (χ3n) is 6.08. The quantitative estimate of drug-likeness (QED) is 0.576. The van der Waals surface area contributed by atoms with Gasteiger partial charge in [-0.15, -0.1) is 0 Å². The number of carboxylic acids is 1. The number of rotatable bonds is 5. The molecule has 0 aromatic carbocycles. The molecule has 0 aliphatic carbocycles. The Morgan fingerprint density at radius 1 is 1.26 bits per heavy atom. The average Bonchev–Trinajstić information content (AvgIpc) is 3.41. The second-order valence-electron chi connectivity index (χ2n) is 8.39. The molecule has 9 nitrogen and oxygen atoms in total. The van der Waals surface area contributed by atoms with Crippen molar-refractivity contribution in [1.29, 1.82) is 0 Å². The fourth-order valence-corrected chi connectivity index (χ4v) is 4.50. The highest BCUT2D eigenvalue weighted by molar-refractivity contribution is 5.79.